The summed E-state index contributed by atoms with van der Waals surface area (Å²) in [7, 11) is 0. The van der Waals surface area contributed by atoms with Gasteiger partial charge in [-0.1, -0.05) is 42.5 Å². The van der Waals surface area contributed by atoms with Gasteiger partial charge in [-0.05, 0) is 25.5 Å². The van der Waals surface area contributed by atoms with Gasteiger partial charge in [-0.25, -0.2) is 0 Å². The molecule has 1 saturated heterocycles. The molecule has 0 spiro atoms. The molecule has 44 heavy (non-hydrogen) atoms. The molecular formula is C33H33NO10. The molecule has 1 fully saturated rings. The number of phenols is 2. The maximum atomic E-state index is 14.1. The fraction of sp³-hybridized carbons (Fsp3) is 0.364. The Kier molecular flexibility index (Phi) is 7.55. The van der Waals surface area contributed by atoms with Crippen LogP contribution >= 0.6 is 0 Å². The second-order valence-electron chi connectivity index (χ2n) is 11.7. The standard InChI is InChI=1S/C33H33NO10/c1-15-28(36)20(34)11-23(43-15)44-22-13-33(41,16(2)35)12-19-25(22)32(40)27-26(30(19)38)29(37)18-9-6-10-21(24(18)31(27)39)42-14-17-7-4-3-5-8-17/h3-10,15,20,22-23,28,36,38,40-41H,11-14,34H2,1-2H3/t15-,20-,22-,23+,28-,33+/m1/s1. The van der Waals surface area contributed by atoms with Crippen molar-refractivity contribution in [3.63, 3.8) is 0 Å². The number of ether oxygens (including phenoxy) is 3. The zero-order chi connectivity index (χ0) is 31.5. The predicted molar refractivity (Wildman–Crippen MR) is 155 cm³/mol. The summed E-state index contributed by atoms with van der Waals surface area (Å²) < 4.78 is 17.9. The first-order valence-corrected chi connectivity index (χ1v) is 14.4. The van der Waals surface area contributed by atoms with Crippen molar-refractivity contribution in [3.05, 3.63) is 87.5 Å². The molecule has 0 amide bonds. The van der Waals surface area contributed by atoms with Crippen LogP contribution < -0.4 is 10.5 Å². The number of nitrogens with two attached hydrogens (primary N) is 1. The van der Waals surface area contributed by atoms with Gasteiger partial charge < -0.3 is 40.4 Å². The van der Waals surface area contributed by atoms with Crippen LogP contribution in [0.5, 0.6) is 17.2 Å². The molecule has 3 aromatic carbocycles. The highest BCUT2D eigenvalue weighted by molar-refractivity contribution is 6.31. The lowest BCUT2D eigenvalue weighted by Gasteiger charge is -2.42. The van der Waals surface area contributed by atoms with Gasteiger partial charge in [-0.15, -0.1) is 0 Å². The number of hydrogen-bond acceptors (Lipinski definition) is 11. The minimum Gasteiger partial charge on any atom is -0.507 e. The predicted octanol–water partition coefficient (Wildman–Crippen LogP) is 2.60. The molecule has 0 saturated carbocycles. The lowest BCUT2D eigenvalue weighted by molar-refractivity contribution is -0.247. The Bertz CT molecular complexity index is 1660. The summed E-state index contributed by atoms with van der Waals surface area (Å²) in [6.45, 7) is 2.91. The minimum atomic E-state index is -2.02. The third kappa shape index (κ3) is 4.86. The normalized spacial score (nSPS) is 27.7. The van der Waals surface area contributed by atoms with E-state index in [0.29, 0.717) is 0 Å². The third-order valence-electron chi connectivity index (χ3n) is 8.82. The van der Waals surface area contributed by atoms with E-state index < -0.39 is 82.6 Å². The van der Waals surface area contributed by atoms with E-state index in [1.165, 1.54) is 13.0 Å². The van der Waals surface area contributed by atoms with Gasteiger partial charge in [0.1, 0.15) is 29.5 Å². The topological polar surface area (TPSA) is 186 Å². The Balaban J connectivity index is 1.45. The van der Waals surface area contributed by atoms with E-state index in [4.69, 9.17) is 19.9 Å². The molecule has 0 radical (unpaired) electrons. The number of fused-ring (bicyclic) bond motifs is 3. The third-order valence-corrected chi connectivity index (χ3v) is 8.82. The molecular weight excluding hydrogens is 570 g/mol. The van der Waals surface area contributed by atoms with Crippen LogP contribution in [0.3, 0.4) is 0 Å². The number of Topliss-reactive ketones (excluding diaryl/α,β-unsaturated/α-hetero) is 1. The molecule has 1 heterocycles. The van der Waals surface area contributed by atoms with Crippen molar-refractivity contribution >= 4 is 17.3 Å². The molecule has 0 bridgehead atoms. The highest BCUT2D eigenvalue weighted by Crippen LogP contribution is 2.52. The van der Waals surface area contributed by atoms with E-state index in [-0.39, 0.29) is 47.5 Å². The average molecular weight is 604 g/mol. The monoisotopic (exact) mass is 603 g/mol. The molecule has 1 aliphatic heterocycles. The van der Waals surface area contributed by atoms with Gasteiger partial charge in [0.25, 0.3) is 0 Å². The second kappa shape index (κ2) is 11.1. The van der Waals surface area contributed by atoms with E-state index in [2.05, 4.69) is 0 Å². The zero-order valence-electron chi connectivity index (χ0n) is 24.1. The average Bonchev–Trinajstić information content (AvgIpc) is 2.99. The SMILES string of the molecule is CC(=O)[C@]1(O)Cc2c(O)c3c(c(O)c2[C@H](O[C@H]2C[C@@H](N)[C@H](O)[C@@H](C)O2)C1)C(=O)c1c(OCc2ccccc2)cccc1C3=O. The Morgan fingerprint density at radius 3 is 2.41 bits per heavy atom. The van der Waals surface area contributed by atoms with E-state index in [9.17, 15) is 34.8 Å². The molecule has 6 rings (SSSR count). The first kappa shape index (κ1) is 29.9. The van der Waals surface area contributed by atoms with Crippen molar-refractivity contribution in [2.75, 3.05) is 0 Å². The van der Waals surface area contributed by atoms with Crippen molar-refractivity contribution in [3.8, 4) is 17.2 Å². The maximum Gasteiger partial charge on any atom is 0.202 e. The zero-order valence-corrected chi connectivity index (χ0v) is 24.1. The number of carbonyl (C=O) groups is 3. The summed E-state index contributed by atoms with van der Waals surface area (Å²) in [6, 6.07) is 13.1. The van der Waals surface area contributed by atoms with Crippen molar-refractivity contribution in [2.45, 2.75) is 76.0 Å². The second-order valence-corrected chi connectivity index (χ2v) is 11.7. The summed E-state index contributed by atoms with van der Waals surface area (Å²) in [5.41, 5.74) is 3.79. The molecule has 6 N–H and O–H groups in total. The fourth-order valence-corrected chi connectivity index (χ4v) is 6.34. The van der Waals surface area contributed by atoms with Crippen LogP contribution in [0.1, 0.15) is 81.3 Å². The smallest absolute Gasteiger partial charge is 0.202 e. The molecule has 6 atom stereocenters. The number of aliphatic hydroxyl groups is 2. The Morgan fingerprint density at radius 1 is 1.02 bits per heavy atom. The molecule has 230 valence electrons. The lowest BCUT2D eigenvalue weighted by Crippen LogP contribution is -2.52. The number of rotatable bonds is 6. The Labute approximate surface area is 252 Å². The van der Waals surface area contributed by atoms with Gasteiger partial charge in [0.2, 0.25) is 5.78 Å². The minimum absolute atomic E-state index is 0.0229. The first-order valence-electron chi connectivity index (χ1n) is 14.4. The van der Waals surface area contributed by atoms with Crippen LogP contribution in [0.25, 0.3) is 0 Å². The molecule has 11 heteroatoms. The number of ketones is 3. The summed E-state index contributed by atoms with van der Waals surface area (Å²) in [5.74, 6) is -3.21. The number of phenolic OH excluding ortho intramolecular Hbond substituents is 2. The van der Waals surface area contributed by atoms with E-state index >= 15 is 0 Å². The molecule has 2 aliphatic carbocycles. The molecule has 11 nitrogen and oxygen atoms in total. The van der Waals surface area contributed by atoms with E-state index in [1.807, 2.05) is 30.3 Å². The van der Waals surface area contributed by atoms with Gasteiger partial charge in [0.15, 0.2) is 17.9 Å². The van der Waals surface area contributed by atoms with Gasteiger partial charge in [-0.2, -0.15) is 0 Å². The first-order chi connectivity index (χ1) is 20.9. The number of benzene rings is 3. The van der Waals surface area contributed by atoms with E-state index in [0.717, 1.165) is 5.56 Å². The molecule has 0 unspecified atom stereocenters. The molecule has 3 aliphatic rings. The lowest BCUT2D eigenvalue weighted by atomic mass is 9.72. The quantitative estimate of drug-likeness (QED) is 0.204. The van der Waals surface area contributed by atoms with E-state index in [1.54, 1.807) is 19.1 Å². The van der Waals surface area contributed by atoms with Crippen molar-refractivity contribution in [1.29, 1.82) is 0 Å². The summed E-state index contributed by atoms with van der Waals surface area (Å²) in [4.78, 5) is 40.5. The fourth-order valence-electron chi connectivity index (χ4n) is 6.34. The van der Waals surface area contributed by atoms with Gasteiger partial charge in [0, 0.05) is 42.0 Å². The van der Waals surface area contributed by atoms with Crippen molar-refractivity contribution in [2.24, 2.45) is 5.73 Å². The van der Waals surface area contributed by atoms with Crippen molar-refractivity contribution in [1.82, 2.24) is 0 Å². The molecule has 3 aromatic rings. The Hall–Kier alpha value is -4.13. The number of hydrogen-bond donors (Lipinski definition) is 5. The van der Waals surface area contributed by atoms with Crippen LogP contribution in [0.2, 0.25) is 0 Å². The van der Waals surface area contributed by atoms with Crippen LogP contribution in [-0.2, 0) is 27.3 Å². The highest BCUT2D eigenvalue weighted by atomic mass is 16.7. The van der Waals surface area contributed by atoms with Gasteiger partial charge in [0.05, 0.1) is 35.0 Å². The largest absolute Gasteiger partial charge is 0.507 e. The van der Waals surface area contributed by atoms with Crippen LogP contribution in [0, 0.1) is 0 Å². The number of carbonyl (C=O) groups excluding carboxylic acids is 3. The summed E-state index contributed by atoms with van der Waals surface area (Å²) in [5, 5.41) is 44.8. The Morgan fingerprint density at radius 2 is 1.73 bits per heavy atom. The van der Waals surface area contributed by atoms with Gasteiger partial charge >= 0.3 is 0 Å². The number of aromatic hydroxyl groups is 2. The summed E-state index contributed by atoms with van der Waals surface area (Å²) in [6.07, 6.45) is -4.62. The maximum absolute atomic E-state index is 14.1. The number of aliphatic hydroxyl groups excluding tert-OH is 1. The highest BCUT2D eigenvalue weighted by Gasteiger charge is 2.49. The van der Waals surface area contributed by atoms with Crippen LogP contribution in [-0.4, -0.2) is 67.9 Å². The molecule has 0 aromatic heterocycles. The van der Waals surface area contributed by atoms with Crippen LogP contribution in [0.15, 0.2) is 48.5 Å². The van der Waals surface area contributed by atoms with Crippen molar-refractivity contribution < 1.29 is 49.0 Å². The van der Waals surface area contributed by atoms with Gasteiger partial charge in [-0.3, -0.25) is 14.4 Å². The summed E-state index contributed by atoms with van der Waals surface area (Å²) >= 11 is 0. The van der Waals surface area contributed by atoms with Crippen LogP contribution in [0.4, 0.5) is 0 Å².